The first-order valence-electron chi connectivity index (χ1n) is 10.5. The summed E-state index contributed by atoms with van der Waals surface area (Å²) in [6.45, 7) is 6.85. The first kappa shape index (κ1) is 22.1. The summed E-state index contributed by atoms with van der Waals surface area (Å²) < 4.78 is 16.4. The van der Waals surface area contributed by atoms with E-state index in [9.17, 15) is 9.18 Å². The molecule has 1 aromatic carbocycles. The number of anilines is 1. The summed E-state index contributed by atoms with van der Waals surface area (Å²) in [5.41, 5.74) is 4.89. The highest BCUT2D eigenvalue weighted by molar-refractivity contribution is 5.93. The third-order valence-electron chi connectivity index (χ3n) is 5.49. The van der Waals surface area contributed by atoms with Crippen LogP contribution in [0.25, 0.3) is 17.1 Å². The average molecular weight is 449 g/mol. The minimum atomic E-state index is -0.318. The van der Waals surface area contributed by atoms with Crippen molar-refractivity contribution in [1.82, 2.24) is 35.1 Å². The second-order valence-corrected chi connectivity index (χ2v) is 7.71. The Morgan fingerprint density at radius 1 is 1.00 bits per heavy atom. The minimum absolute atomic E-state index is 0.249. The number of aromatic nitrogens is 6. The van der Waals surface area contributed by atoms with E-state index in [-0.39, 0.29) is 11.7 Å². The maximum Gasteiger partial charge on any atom is 0.269 e. The summed E-state index contributed by atoms with van der Waals surface area (Å²) in [5, 5.41) is 23.3. The molecule has 4 aromatic rings. The van der Waals surface area contributed by atoms with Crippen molar-refractivity contribution in [2.24, 2.45) is 7.05 Å². The fourth-order valence-electron chi connectivity index (χ4n) is 3.37. The van der Waals surface area contributed by atoms with E-state index in [0.29, 0.717) is 36.1 Å². The molecule has 9 nitrogen and oxygen atoms in total. The molecule has 0 unspecified atom stereocenters. The van der Waals surface area contributed by atoms with Crippen LogP contribution in [0.4, 0.5) is 10.2 Å². The van der Waals surface area contributed by atoms with E-state index in [0.717, 1.165) is 22.5 Å². The van der Waals surface area contributed by atoms with E-state index in [4.69, 9.17) is 0 Å². The highest BCUT2D eigenvalue weighted by atomic mass is 19.1. The van der Waals surface area contributed by atoms with Crippen LogP contribution >= 0.6 is 0 Å². The van der Waals surface area contributed by atoms with Crippen molar-refractivity contribution < 1.29 is 9.18 Å². The van der Waals surface area contributed by atoms with Crippen molar-refractivity contribution in [2.75, 3.05) is 18.4 Å². The molecular weight excluding hydrogens is 423 g/mol. The predicted molar refractivity (Wildman–Crippen MR) is 123 cm³/mol. The van der Waals surface area contributed by atoms with Crippen LogP contribution in [0.15, 0.2) is 42.5 Å². The Hall–Kier alpha value is -4.08. The van der Waals surface area contributed by atoms with E-state index in [2.05, 4.69) is 31.0 Å². The lowest BCUT2D eigenvalue weighted by molar-refractivity contribution is 0.0946. The Balaban J connectivity index is 1.30. The normalized spacial score (nSPS) is 10.9. The minimum Gasteiger partial charge on any atom is -0.367 e. The topological polar surface area (TPSA) is 103 Å². The monoisotopic (exact) mass is 448 g/mol. The second-order valence-electron chi connectivity index (χ2n) is 7.71. The lowest BCUT2D eigenvalue weighted by Crippen LogP contribution is -2.30. The zero-order chi connectivity index (χ0) is 23.5. The number of benzene rings is 1. The van der Waals surface area contributed by atoms with Crippen molar-refractivity contribution in [2.45, 2.75) is 20.8 Å². The largest absolute Gasteiger partial charge is 0.367 e. The molecule has 170 valence electrons. The zero-order valence-electron chi connectivity index (χ0n) is 18.9. The van der Waals surface area contributed by atoms with Crippen LogP contribution in [0.5, 0.6) is 0 Å². The van der Waals surface area contributed by atoms with Gasteiger partial charge in [0.25, 0.3) is 5.91 Å². The number of aryl methyl sites for hydroxylation is 2. The van der Waals surface area contributed by atoms with Gasteiger partial charge in [0.05, 0.1) is 11.4 Å². The predicted octanol–water partition coefficient (Wildman–Crippen LogP) is 2.97. The number of halogens is 1. The third-order valence-corrected chi connectivity index (χ3v) is 5.49. The van der Waals surface area contributed by atoms with E-state index in [1.807, 2.05) is 32.9 Å². The highest BCUT2D eigenvalue weighted by Gasteiger charge is 2.14. The molecular formula is C23H25FN8O. The molecule has 0 aliphatic carbocycles. The van der Waals surface area contributed by atoms with Crippen LogP contribution in [0, 0.1) is 26.6 Å². The first-order valence-corrected chi connectivity index (χ1v) is 10.5. The van der Waals surface area contributed by atoms with Crippen molar-refractivity contribution in [3.05, 3.63) is 70.9 Å². The van der Waals surface area contributed by atoms with Gasteiger partial charge in [-0.05, 0) is 68.8 Å². The van der Waals surface area contributed by atoms with Gasteiger partial charge in [-0.25, -0.2) is 9.07 Å². The number of nitrogens with one attached hydrogen (secondary N) is 2. The van der Waals surface area contributed by atoms with Crippen molar-refractivity contribution in [3.63, 3.8) is 0 Å². The molecule has 10 heteroatoms. The second kappa shape index (κ2) is 9.19. The van der Waals surface area contributed by atoms with Crippen LogP contribution in [0.3, 0.4) is 0 Å². The Morgan fingerprint density at radius 2 is 1.76 bits per heavy atom. The quantitative estimate of drug-likeness (QED) is 0.422. The van der Waals surface area contributed by atoms with Gasteiger partial charge >= 0.3 is 0 Å². The maximum atomic E-state index is 13.1. The van der Waals surface area contributed by atoms with Crippen LogP contribution in [-0.4, -0.2) is 48.8 Å². The molecule has 33 heavy (non-hydrogen) atoms. The van der Waals surface area contributed by atoms with Crippen molar-refractivity contribution in [1.29, 1.82) is 0 Å². The number of carbonyl (C=O) groups is 1. The average Bonchev–Trinajstić information content (AvgIpc) is 3.32. The molecule has 0 fully saturated rings. The molecule has 0 saturated heterocycles. The van der Waals surface area contributed by atoms with Gasteiger partial charge in [0, 0.05) is 31.4 Å². The number of carbonyl (C=O) groups excluding carboxylic acids is 1. The summed E-state index contributed by atoms with van der Waals surface area (Å²) in [6.07, 6.45) is 0. The smallest absolute Gasteiger partial charge is 0.269 e. The van der Waals surface area contributed by atoms with Crippen LogP contribution in [-0.2, 0) is 7.05 Å². The van der Waals surface area contributed by atoms with E-state index >= 15 is 0 Å². The Kier molecular flexibility index (Phi) is 6.16. The summed E-state index contributed by atoms with van der Waals surface area (Å²) in [4.78, 5) is 12.5. The Labute approximate surface area is 190 Å². The summed E-state index contributed by atoms with van der Waals surface area (Å²) in [5.74, 6) is 0.684. The summed E-state index contributed by atoms with van der Waals surface area (Å²) in [6, 6.07) is 11.3. The van der Waals surface area contributed by atoms with Crippen LogP contribution in [0.1, 0.15) is 27.4 Å². The van der Waals surface area contributed by atoms with Gasteiger partial charge in [0.15, 0.2) is 5.82 Å². The van der Waals surface area contributed by atoms with Gasteiger partial charge in [0.1, 0.15) is 17.3 Å². The lowest BCUT2D eigenvalue weighted by atomic mass is 10.1. The van der Waals surface area contributed by atoms with Crippen molar-refractivity contribution in [3.8, 4) is 17.1 Å². The van der Waals surface area contributed by atoms with E-state index in [1.165, 1.54) is 16.8 Å². The molecule has 3 heterocycles. The third kappa shape index (κ3) is 4.74. The summed E-state index contributed by atoms with van der Waals surface area (Å²) >= 11 is 0. The molecule has 1 amide bonds. The van der Waals surface area contributed by atoms with Gasteiger partial charge < -0.3 is 10.6 Å². The van der Waals surface area contributed by atoms with Crippen LogP contribution in [0.2, 0.25) is 0 Å². The van der Waals surface area contributed by atoms with E-state index < -0.39 is 0 Å². The molecule has 0 aliphatic heterocycles. The number of hydrogen-bond acceptors (Lipinski definition) is 6. The standard InChI is InChI=1S/C23H25FN8O/c1-14-15(2)29-32(16(14)3)22-10-9-21(27-28-22)25-11-12-26-23(33)20-13-19(30-31(20)4)17-5-7-18(24)8-6-17/h5-10,13H,11-12H2,1-4H3,(H,25,27)(H,26,33). The van der Waals surface area contributed by atoms with Gasteiger partial charge in [-0.1, -0.05) is 0 Å². The van der Waals surface area contributed by atoms with Crippen LogP contribution < -0.4 is 10.6 Å². The maximum absolute atomic E-state index is 13.1. The number of rotatable bonds is 7. The fraction of sp³-hybridized carbons (Fsp3) is 0.261. The molecule has 0 spiro atoms. The molecule has 0 radical (unpaired) electrons. The van der Waals surface area contributed by atoms with Gasteiger partial charge in [-0.3, -0.25) is 9.48 Å². The zero-order valence-corrected chi connectivity index (χ0v) is 18.9. The Bertz CT molecular complexity index is 1280. The molecule has 0 bridgehead atoms. The SMILES string of the molecule is Cc1nn(-c2ccc(NCCNC(=O)c3cc(-c4ccc(F)cc4)nn3C)nn2)c(C)c1C. The van der Waals surface area contributed by atoms with Gasteiger partial charge in [-0.2, -0.15) is 10.2 Å². The fourth-order valence-corrected chi connectivity index (χ4v) is 3.37. The van der Waals surface area contributed by atoms with Crippen molar-refractivity contribution >= 4 is 11.7 Å². The lowest BCUT2D eigenvalue weighted by Gasteiger charge is -2.08. The summed E-state index contributed by atoms with van der Waals surface area (Å²) in [7, 11) is 1.70. The van der Waals surface area contributed by atoms with E-state index in [1.54, 1.807) is 29.9 Å². The number of nitrogens with zero attached hydrogens (tertiary/aromatic N) is 6. The Morgan fingerprint density at radius 3 is 2.39 bits per heavy atom. The molecule has 0 atom stereocenters. The van der Waals surface area contributed by atoms with Gasteiger partial charge in [0.2, 0.25) is 0 Å². The number of hydrogen-bond donors (Lipinski definition) is 2. The highest BCUT2D eigenvalue weighted by Crippen LogP contribution is 2.19. The number of amides is 1. The molecule has 0 saturated carbocycles. The van der Waals surface area contributed by atoms with Gasteiger partial charge in [-0.15, -0.1) is 10.2 Å². The molecule has 4 rings (SSSR count). The molecule has 2 N–H and O–H groups in total. The first-order chi connectivity index (χ1) is 15.8. The molecule has 3 aromatic heterocycles. The molecule has 0 aliphatic rings.